The second kappa shape index (κ2) is 11.8. The first-order chi connectivity index (χ1) is 19.6. The van der Waals surface area contributed by atoms with Gasteiger partial charge in [0, 0.05) is 32.6 Å². The van der Waals surface area contributed by atoms with Gasteiger partial charge in [-0.15, -0.1) is 0 Å². The lowest BCUT2D eigenvalue weighted by Crippen LogP contribution is -2.57. The molecule has 0 bridgehead atoms. The molecule has 0 spiro atoms. The highest BCUT2D eigenvalue weighted by molar-refractivity contribution is 6.08. The van der Waals surface area contributed by atoms with Crippen LogP contribution >= 0.6 is 0 Å². The van der Waals surface area contributed by atoms with Crippen LogP contribution in [0, 0.1) is 11.8 Å². The molecule has 0 radical (unpaired) electrons. The van der Waals surface area contributed by atoms with Gasteiger partial charge in [-0.3, -0.25) is 24.2 Å². The van der Waals surface area contributed by atoms with Crippen molar-refractivity contribution in [1.29, 1.82) is 0 Å². The van der Waals surface area contributed by atoms with Crippen molar-refractivity contribution in [2.75, 3.05) is 26.2 Å². The van der Waals surface area contributed by atoms with Crippen molar-refractivity contribution in [3.8, 4) is 0 Å². The number of likely N-dealkylation sites (tertiary alicyclic amines) is 1. The van der Waals surface area contributed by atoms with E-state index in [9.17, 15) is 14.4 Å². The lowest BCUT2D eigenvalue weighted by molar-refractivity contribution is -0.152. The quantitative estimate of drug-likeness (QED) is 0.412. The number of hydrogen-bond donors (Lipinski definition) is 0. The van der Waals surface area contributed by atoms with E-state index in [4.69, 9.17) is 0 Å². The summed E-state index contributed by atoms with van der Waals surface area (Å²) in [5.74, 6) is -0.921. The third kappa shape index (κ3) is 5.20. The first-order valence-corrected chi connectivity index (χ1v) is 14.7. The number of rotatable bonds is 7. The van der Waals surface area contributed by atoms with E-state index < -0.39 is 6.04 Å². The van der Waals surface area contributed by atoms with E-state index in [1.807, 2.05) is 47.4 Å². The molecule has 40 heavy (non-hydrogen) atoms. The zero-order chi connectivity index (χ0) is 27.5. The van der Waals surface area contributed by atoms with E-state index in [0.29, 0.717) is 32.6 Å². The smallest absolute Gasteiger partial charge is 0.246 e. The van der Waals surface area contributed by atoms with E-state index >= 15 is 0 Å². The highest BCUT2D eigenvalue weighted by Crippen LogP contribution is 2.39. The van der Waals surface area contributed by atoms with Crippen molar-refractivity contribution < 1.29 is 14.4 Å². The third-order valence-electron chi connectivity index (χ3n) is 8.97. The maximum atomic E-state index is 14.2. The maximum Gasteiger partial charge on any atom is 0.246 e. The standard InChI is InChI=1S/C34H37N3O3/c38-32-28-18-10-11-19-29(28)33(39)37(32)30(24-25-12-4-1-5-13-25)34(40)36-22-20-35(21-23-36)31(26-14-6-2-7-15-26)27-16-8-3-9-17-27/h1-9,12-17,28-31H,10-11,18-24H2. The summed E-state index contributed by atoms with van der Waals surface area (Å²) in [6.45, 7) is 2.55. The van der Waals surface area contributed by atoms with Crippen molar-refractivity contribution in [3.63, 3.8) is 0 Å². The molecular weight excluding hydrogens is 498 g/mol. The normalized spacial score (nSPS) is 22.4. The van der Waals surface area contributed by atoms with Crippen molar-refractivity contribution in [1.82, 2.24) is 14.7 Å². The second-order valence-electron chi connectivity index (χ2n) is 11.3. The number of benzene rings is 3. The molecule has 3 aromatic rings. The molecule has 206 valence electrons. The van der Waals surface area contributed by atoms with Crippen molar-refractivity contribution in [2.24, 2.45) is 11.8 Å². The molecule has 3 unspecified atom stereocenters. The predicted octanol–water partition coefficient (Wildman–Crippen LogP) is 4.71. The van der Waals surface area contributed by atoms with Crippen LogP contribution in [0.5, 0.6) is 0 Å². The molecule has 3 amide bonds. The van der Waals surface area contributed by atoms with E-state index in [1.54, 1.807) is 0 Å². The van der Waals surface area contributed by atoms with Crippen molar-refractivity contribution in [3.05, 3.63) is 108 Å². The van der Waals surface area contributed by atoms with E-state index in [2.05, 4.69) is 53.4 Å². The molecule has 2 heterocycles. The van der Waals surface area contributed by atoms with Gasteiger partial charge in [0.1, 0.15) is 6.04 Å². The number of fused-ring (bicyclic) bond motifs is 1. The fraction of sp³-hybridized carbons (Fsp3) is 0.382. The summed E-state index contributed by atoms with van der Waals surface area (Å²) < 4.78 is 0. The number of hydrogen-bond acceptors (Lipinski definition) is 4. The predicted molar refractivity (Wildman–Crippen MR) is 154 cm³/mol. The van der Waals surface area contributed by atoms with Gasteiger partial charge in [-0.25, -0.2) is 0 Å². The highest BCUT2D eigenvalue weighted by Gasteiger charge is 2.52. The molecule has 0 N–H and O–H groups in total. The van der Waals surface area contributed by atoms with Crippen LogP contribution in [0.15, 0.2) is 91.0 Å². The molecule has 3 fully saturated rings. The Labute approximate surface area is 236 Å². The average Bonchev–Trinajstić information content (AvgIpc) is 3.27. The Kier molecular flexibility index (Phi) is 7.78. The Morgan fingerprint density at radius 3 is 1.65 bits per heavy atom. The number of nitrogens with zero attached hydrogens (tertiary/aromatic N) is 3. The molecule has 3 aliphatic rings. The van der Waals surface area contributed by atoms with Gasteiger partial charge < -0.3 is 4.90 Å². The lowest BCUT2D eigenvalue weighted by Gasteiger charge is -2.41. The Hall–Kier alpha value is -3.77. The second-order valence-corrected chi connectivity index (χ2v) is 11.3. The van der Waals surface area contributed by atoms with Gasteiger partial charge in [0.15, 0.2) is 0 Å². The SMILES string of the molecule is O=C(C(Cc1ccccc1)N1C(=O)C2CCCCC2C1=O)N1CCN(C(c2ccccc2)c2ccccc2)CC1. The van der Waals surface area contributed by atoms with Gasteiger partial charge in [-0.1, -0.05) is 104 Å². The van der Waals surface area contributed by atoms with Gasteiger partial charge in [-0.2, -0.15) is 0 Å². The molecular formula is C34H37N3O3. The van der Waals surface area contributed by atoms with E-state index in [1.165, 1.54) is 16.0 Å². The minimum absolute atomic E-state index is 0.102. The van der Waals surface area contributed by atoms with Crippen LogP contribution in [0.3, 0.4) is 0 Å². The molecule has 6 heteroatoms. The number of piperazine rings is 1. The monoisotopic (exact) mass is 535 g/mol. The molecule has 2 aliphatic heterocycles. The Morgan fingerprint density at radius 2 is 1.15 bits per heavy atom. The molecule has 3 aromatic carbocycles. The summed E-state index contributed by atoms with van der Waals surface area (Å²) in [7, 11) is 0. The van der Waals surface area contributed by atoms with Crippen LogP contribution < -0.4 is 0 Å². The average molecular weight is 536 g/mol. The topological polar surface area (TPSA) is 60.9 Å². The largest absolute Gasteiger partial charge is 0.338 e. The van der Waals surface area contributed by atoms with Gasteiger partial charge >= 0.3 is 0 Å². The Balaban J connectivity index is 1.23. The number of imide groups is 1. The van der Waals surface area contributed by atoms with Crippen LogP contribution in [-0.4, -0.2) is 64.6 Å². The summed E-state index contributed by atoms with van der Waals surface area (Å²) in [5, 5.41) is 0. The van der Waals surface area contributed by atoms with E-state index in [-0.39, 0.29) is 35.6 Å². The third-order valence-corrected chi connectivity index (χ3v) is 8.97. The van der Waals surface area contributed by atoms with Gasteiger partial charge in [0.25, 0.3) is 0 Å². The number of carbonyl (C=O) groups is 3. The minimum atomic E-state index is -0.793. The maximum absolute atomic E-state index is 14.2. The van der Waals surface area contributed by atoms with Gasteiger partial charge in [-0.05, 0) is 29.5 Å². The highest BCUT2D eigenvalue weighted by atomic mass is 16.2. The molecule has 2 saturated heterocycles. The zero-order valence-electron chi connectivity index (χ0n) is 22.9. The van der Waals surface area contributed by atoms with Crippen LogP contribution in [0.25, 0.3) is 0 Å². The first-order valence-electron chi connectivity index (χ1n) is 14.7. The summed E-state index contributed by atoms with van der Waals surface area (Å²) in [5.41, 5.74) is 3.42. The molecule has 0 aromatic heterocycles. The number of carbonyl (C=O) groups excluding carboxylic acids is 3. The molecule has 6 nitrogen and oxygen atoms in total. The summed E-state index contributed by atoms with van der Waals surface area (Å²) >= 11 is 0. The molecule has 6 rings (SSSR count). The molecule has 1 aliphatic carbocycles. The Bertz CT molecular complexity index is 1260. The lowest BCUT2D eigenvalue weighted by atomic mass is 9.81. The van der Waals surface area contributed by atoms with Crippen LogP contribution in [0.2, 0.25) is 0 Å². The van der Waals surface area contributed by atoms with Crippen LogP contribution in [-0.2, 0) is 20.8 Å². The van der Waals surface area contributed by atoms with Crippen LogP contribution in [0.1, 0.15) is 48.4 Å². The van der Waals surface area contributed by atoms with Gasteiger partial charge in [0.2, 0.25) is 17.7 Å². The Morgan fingerprint density at radius 1 is 0.675 bits per heavy atom. The summed E-state index contributed by atoms with van der Waals surface area (Å²) in [4.78, 5) is 46.9. The fourth-order valence-electron chi connectivity index (χ4n) is 6.92. The summed E-state index contributed by atoms with van der Waals surface area (Å²) in [6.07, 6.45) is 3.79. The minimum Gasteiger partial charge on any atom is -0.338 e. The number of amides is 3. The van der Waals surface area contributed by atoms with Gasteiger partial charge in [0.05, 0.1) is 17.9 Å². The molecule has 1 saturated carbocycles. The van der Waals surface area contributed by atoms with Crippen molar-refractivity contribution in [2.45, 2.75) is 44.2 Å². The van der Waals surface area contributed by atoms with Crippen molar-refractivity contribution >= 4 is 17.7 Å². The fourth-order valence-corrected chi connectivity index (χ4v) is 6.92. The van der Waals surface area contributed by atoms with Crippen LogP contribution in [0.4, 0.5) is 0 Å². The van der Waals surface area contributed by atoms with E-state index in [0.717, 1.165) is 31.2 Å². The molecule has 3 atom stereocenters. The zero-order valence-corrected chi connectivity index (χ0v) is 22.9. The first kappa shape index (κ1) is 26.5. The summed E-state index contributed by atoms with van der Waals surface area (Å²) in [6, 6.07) is 30.1.